The van der Waals surface area contributed by atoms with E-state index < -0.39 is 0 Å². The molecule has 0 amide bonds. The Morgan fingerprint density at radius 2 is 2.17 bits per heavy atom. The van der Waals surface area contributed by atoms with Crippen LogP contribution in [-0.4, -0.2) is 19.1 Å². The van der Waals surface area contributed by atoms with Gasteiger partial charge in [0.1, 0.15) is 5.75 Å². The van der Waals surface area contributed by atoms with Gasteiger partial charge in [0.2, 0.25) is 0 Å². The highest BCUT2D eigenvalue weighted by Crippen LogP contribution is 2.15. The molecule has 1 heterocycles. The molecule has 2 aromatic rings. The molecular weight excluding hydrogens is 306 g/mol. The van der Waals surface area contributed by atoms with E-state index in [2.05, 4.69) is 41.7 Å². The Hall–Kier alpha value is -2.01. The minimum atomic E-state index is 0.482. The average Bonchev–Trinajstić information content (AvgIpc) is 3.05. The van der Waals surface area contributed by atoms with Gasteiger partial charge in [-0.1, -0.05) is 32.0 Å². The van der Waals surface area contributed by atoms with Gasteiger partial charge in [0, 0.05) is 11.4 Å². The number of hydrogen-bond acceptors (Lipinski definition) is 3. The molecular formula is C18H25N3OS. The molecule has 1 aromatic heterocycles. The van der Waals surface area contributed by atoms with Gasteiger partial charge in [-0.05, 0) is 41.5 Å². The molecule has 0 aliphatic heterocycles. The van der Waals surface area contributed by atoms with Gasteiger partial charge in [0.05, 0.1) is 13.2 Å². The van der Waals surface area contributed by atoms with Crippen LogP contribution in [0.15, 0.2) is 46.8 Å². The summed E-state index contributed by atoms with van der Waals surface area (Å²) in [7, 11) is 0. The van der Waals surface area contributed by atoms with Crippen LogP contribution in [0, 0.1) is 5.92 Å². The molecule has 0 saturated carbocycles. The maximum Gasteiger partial charge on any atom is 0.188 e. The first-order chi connectivity index (χ1) is 11.1. The highest BCUT2D eigenvalue weighted by molar-refractivity contribution is 7.09. The number of hydrogen-bond donors (Lipinski definition) is 2. The third-order valence-corrected chi connectivity index (χ3v) is 4.11. The van der Waals surface area contributed by atoms with Crippen molar-refractivity contribution in [1.82, 2.24) is 5.32 Å². The highest BCUT2D eigenvalue weighted by atomic mass is 32.1. The lowest BCUT2D eigenvalue weighted by molar-refractivity contribution is 0.271. The molecule has 0 radical (unpaired) electrons. The number of ether oxygens (including phenoxy) is 1. The lowest BCUT2D eigenvalue weighted by Crippen LogP contribution is -2.33. The van der Waals surface area contributed by atoms with Gasteiger partial charge in [0.25, 0.3) is 0 Å². The molecule has 1 aromatic carbocycles. The number of rotatable bonds is 8. The van der Waals surface area contributed by atoms with E-state index in [4.69, 9.17) is 10.5 Å². The lowest BCUT2D eigenvalue weighted by atomic mass is 10.2. The smallest absolute Gasteiger partial charge is 0.188 e. The highest BCUT2D eigenvalue weighted by Gasteiger charge is 2.00. The van der Waals surface area contributed by atoms with Crippen molar-refractivity contribution in [2.75, 3.05) is 13.2 Å². The number of aliphatic imine (C=N–C) groups is 1. The third-order valence-electron chi connectivity index (χ3n) is 3.17. The number of thiophene rings is 1. The predicted octanol–water partition coefficient (Wildman–Crippen LogP) is 3.43. The zero-order valence-electron chi connectivity index (χ0n) is 13.8. The third kappa shape index (κ3) is 6.74. The van der Waals surface area contributed by atoms with Gasteiger partial charge >= 0.3 is 0 Å². The van der Waals surface area contributed by atoms with Crippen molar-refractivity contribution in [2.45, 2.75) is 26.8 Å². The van der Waals surface area contributed by atoms with Crippen molar-refractivity contribution in [3.63, 3.8) is 0 Å². The summed E-state index contributed by atoms with van der Waals surface area (Å²) in [4.78, 5) is 5.73. The second-order valence-electron chi connectivity index (χ2n) is 5.81. The van der Waals surface area contributed by atoms with Crippen LogP contribution in [0.4, 0.5) is 0 Å². The second-order valence-corrected chi connectivity index (χ2v) is 6.84. The van der Waals surface area contributed by atoms with Crippen LogP contribution in [0.1, 0.15) is 24.3 Å². The summed E-state index contributed by atoms with van der Waals surface area (Å²) in [5.41, 5.74) is 7.00. The maximum atomic E-state index is 5.91. The Bertz CT molecular complexity index is 608. The SMILES string of the molecule is CC(C)COc1cccc(CN=C(N)NCCc2cccs2)c1. The number of nitrogens with zero attached hydrogens (tertiary/aromatic N) is 1. The molecule has 0 unspecified atom stereocenters. The average molecular weight is 331 g/mol. The summed E-state index contributed by atoms with van der Waals surface area (Å²) < 4.78 is 5.73. The summed E-state index contributed by atoms with van der Waals surface area (Å²) in [5.74, 6) is 1.88. The van der Waals surface area contributed by atoms with Crippen LogP contribution >= 0.6 is 11.3 Å². The fraction of sp³-hybridized carbons (Fsp3) is 0.389. The van der Waals surface area contributed by atoms with Crippen molar-refractivity contribution in [2.24, 2.45) is 16.6 Å². The molecule has 0 aliphatic carbocycles. The number of guanidine groups is 1. The molecule has 0 saturated heterocycles. The minimum Gasteiger partial charge on any atom is -0.493 e. The van der Waals surface area contributed by atoms with Crippen LogP contribution in [0.2, 0.25) is 0 Å². The summed E-state index contributed by atoms with van der Waals surface area (Å²) in [6.07, 6.45) is 0.965. The van der Waals surface area contributed by atoms with Gasteiger partial charge in [-0.25, -0.2) is 4.99 Å². The van der Waals surface area contributed by atoms with Crippen LogP contribution in [0.25, 0.3) is 0 Å². The van der Waals surface area contributed by atoms with E-state index in [9.17, 15) is 0 Å². The Morgan fingerprint density at radius 1 is 1.30 bits per heavy atom. The monoisotopic (exact) mass is 331 g/mol. The van der Waals surface area contributed by atoms with E-state index in [1.807, 2.05) is 24.3 Å². The van der Waals surface area contributed by atoms with E-state index in [0.29, 0.717) is 18.4 Å². The van der Waals surface area contributed by atoms with E-state index in [0.717, 1.165) is 30.9 Å². The van der Waals surface area contributed by atoms with Crippen LogP contribution in [0.3, 0.4) is 0 Å². The molecule has 124 valence electrons. The summed E-state index contributed by atoms with van der Waals surface area (Å²) in [5, 5.41) is 5.23. The Labute approximate surface area is 142 Å². The van der Waals surface area contributed by atoms with Gasteiger partial charge in [-0.3, -0.25) is 0 Å². The molecule has 5 heteroatoms. The Balaban J connectivity index is 1.77. The topological polar surface area (TPSA) is 59.6 Å². The number of benzene rings is 1. The molecule has 23 heavy (non-hydrogen) atoms. The lowest BCUT2D eigenvalue weighted by Gasteiger charge is -2.09. The first-order valence-corrected chi connectivity index (χ1v) is 8.79. The van der Waals surface area contributed by atoms with Crippen molar-refractivity contribution in [3.05, 3.63) is 52.2 Å². The first-order valence-electron chi connectivity index (χ1n) is 7.91. The largest absolute Gasteiger partial charge is 0.493 e. The van der Waals surface area contributed by atoms with Gasteiger partial charge in [-0.2, -0.15) is 0 Å². The van der Waals surface area contributed by atoms with E-state index in [1.165, 1.54) is 4.88 Å². The normalized spacial score (nSPS) is 11.7. The van der Waals surface area contributed by atoms with Gasteiger partial charge in [-0.15, -0.1) is 11.3 Å². The van der Waals surface area contributed by atoms with Crippen LogP contribution in [0.5, 0.6) is 5.75 Å². The van der Waals surface area contributed by atoms with Crippen molar-refractivity contribution in [3.8, 4) is 5.75 Å². The maximum absolute atomic E-state index is 5.91. The summed E-state index contributed by atoms with van der Waals surface area (Å²) in [6, 6.07) is 12.2. The molecule has 0 spiro atoms. The molecule has 3 N–H and O–H groups in total. The van der Waals surface area contributed by atoms with Crippen molar-refractivity contribution in [1.29, 1.82) is 0 Å². The minimum absolute atomic E-state index is 0.482. The van der Waals surface area contributed by atoms with E-state index in [-0.39, 0.29) is 0 Å². The fourth-order valence-corrected chi connectivity index (χ4v) is 2.71. The Kier molecular flexibility index (Phi) is 6.94. The Morgan fingerprint density at radius 3 is 2.91 bits per heavy atom. The zero-order chi connectivity index (χ0) is 16.5. The van der Waals surface area contributed by atoms with Crippen molar-refractivity contribution < 1.29 is 4.74 Å². The number of nitrogens with two attached hydrogens (primary N) is 1. The summed E-state index contributed by atoms with van der Waals surface area (Å²) >= 11 is 1.76. The quantitative estimate of drug-likeness (QED) is 0.575. The van der Waals surface area contributed by atoms with Crippen LogP contribution < -0.4 is 15.8 Å². The summed E-state index contributed by atoms with van der Waals surface area (Å²) in [6.45, 7) is 6.34. The zero-order valence-corrected chi connectivity index (χ0v) is 14.6. The fourth-order valence-electron chi connectivity index (χ4n) is 2.00. The predicted molar refractivity (Wildman–Crippen MR) is 98.1 cm³/mol. The molecule has 0 bridgehead atoms. The molecule has 2 rings (SSSR count). The van der Waals surface area contributed by atoms with Gasteiger partial charge in [0.15, 0.2) is 5.96 Å². The molecule has 4 nitrogen and oxygen atoms in total. The second kappa shape index (κ2) is 9.20. The molecule has 0 atom stereocenters. The van der Waals surface area contributed by atoms with E-state index >= 15 is 0 Å². The van der Waals surface area contributed by atoms with E-state index in [1.54, 1.807) is 11.3 Å². The first kappa shape index (κ1) is 17.3. The van der Waals surface area contributed by atoms with Crippen LogP contribution in [-0.2, 0) is 13.0 Å². The van der Waals surface area contributed by atoms with Gasteiger partial charge < -0.3 is 15.8 Å². The molecule has 0 fully saturated rings. The standard InChI is InChI=1S/C18H25N3OS/c1-14(2)13-22-16-6-3-5-15(11-16)12-21-18(19)20-9-8-17-7-4-10-23-17/h3-7,10-11,14H,8-9,12-13H2,1-2H3,(H3,19,20,21). The number of nitrogens with one attached hydrogen (secondary N) is 1. The molecule has 0 aliphatic rings. The van der Waals surface area contributed by atoms with Crippen molar-refractivity contribution >= 4 is 17.3 Å².